The van der Waals surface area contributed by atoms with Gasteiger partial charge in [-0.05, 0) is 57.0 Å². The third kappa shape index (κ3) is 5.43. The number of hydrogen-bond acceptors (Lipinski definition) is 7. The molecule has 182 valence electrons. The van der Waals surface area contributed by atoms with Crippen LogP contribution < -0.4 is 19.7 Å². The standard InChI is InChI=1S/C25H32N4O3S2/c1-17-18(2)33-25(28-17)29(34(4,30)31)21-12-13-23(32-3)20(15-21)16-27-22-11-8-14-26-24(22)19-9-6-5-7-10-19/h5-7,9-10,12-13,15,22,24,26-27H,8,11,14,16H2,1-4H3. The first-order valence-corrected chi connectivity index (χ1v) is 14.1. The summed E-state index contributed by atoms with van der Waals surface area (Å²) >= 11 is 1.37. The number of ether oxygens (including phenoxy) is 1. The first kappa shape index (κ1) is 24.7. The average Bonchev–Trinajstić information content (AvgIpc) is 3.15. The van der Waals surface area contributed by atoms with E-state index in [1.807, 2.05) is 32.0 Å². The minimum Gasteiger partial charge on any atom is -0.496 e. The first-order chi connectivity index (χ1) is 16.3. The molecular weight excluding hydrogens is 468 g/mol. The van der Waals surface area contributed by atoms with Crippen molar-refractivity contribution < 1.29 is 13.2 Å². The molecule has 1 aliphatic heterocycles. The summed E-state index contributed by atoms with van der Waals surface area (Å²) in [5.74, 6) is 0.719. The van der Waals surface area contributed by atoms with Crippen molar-refractivity contribution in [1.82, 2.24) is 15.6 Å². The summed E-state index contributed by atoms with van der Waals surface area (Å²) in [5.41, 5.74) is 3.55. The molecule has 1 aliphatic rings. The number of anilines is 2. The van der Waals surface area contributed by atoms with Gasteiger partial charge in [0.2, 0.25) is 15.2 Å². The highest BCUT2D eigenvalue weighted by molar-refractivity contribution is 7.92. The Balaban J connectivity index is 1.62. The highest BCUT2D eigenvalue weighted by Gasteiger charge is 2.27. The molecule has 2 heterocycles. The SMILES string of the molecule is COc1ccc(N(c2nc(C)c(C)s2)S(C)(=O)=O)cc1CNC1CCCNC1c1ccccc1. The zero-order valence-electron chi connectivity index (χ0n) is 20.0. The van der Waals surface area contributed by atoms with Gasteiger partial charge in [-0.15, -0.1) is 11.3 Å². The quantitative estimate of drug-likeness (QED) is 0.476. The molecule has 2 N–H and O–H groups in total. The van der Waals surface area contributed by atoms with Crippen molar-refractivity contribution in [1.29, 1.82) is 0 Å². The van der Waals surface area contributed by atoms with E-state index >= 15 is 0 Å². The second-order valence-electron chi connectivity index (χ2n) is 8.63. The fraction of sp³-hybridized carbons (Fsp3) is 0.400. The predicted molar refractivity (Wildman–Crippen MR) is 139 cm³/mol. The van der Waals surface area contributed by atoms with Crippen LogP contribution in [0.3, 0.4) is 0 Å². The number of aromatic nitrogens is 1. The van der Waals surface area contributed by atoms with E-state index in [0.717, 1.165) is 41.3 Å². The second-order valence-corrected chi connectivity index (χ2v) is 11.6. The van der Waals surface area contributed by atoms with Crippen LogP contribution in [0, 0.1) is 13.8 Å². The Kier molecular flexibility index (Phi) is 7.57. The van der Waals surface area contributed by atoms with Crippen LogP contribution in [-0.4, -0.2) is 39.4 Å². The molecule has 0 spiro atoms. The van der Waals surface area contributed by atoms with Crippen molar-refractivity contribution in [3.05, 3.63) is 70.2 Å². The van der Waals surface area contributed by atoms with Crippen molar-refractivity contribution in [3.8, 4) is 5.75 Å². The van der Waals surface area contributed by atoms with Crippen molar-refractivity contribution in [2.75, 3.05) is 24.2 Å². The number of nitrogens with zero attached hydrogens (tertiary/aromatic N) is 2. The Morgan fingerprint density at radius 3 is 2.62 bits per heavy atom. The molecule has 0 saturated carbocycles. The Hall–Kier alpha value is -2.46. The maximum atomic E-state index is 12.8. The van der Waals surface area contributed by atoms with Crippen LogP contribution in [-0.2, 0) is 16.6 Å². The molecule has 2 atom stereocenters. The largest absolute Gasteiger partial charge is 0.496 e. The molecule has 2 unspecified atom stereocenters. The summed E-state index contributed by atoms with van der Waals surface area (Å²) in [5, 5.41) is 7.78. The number of sulfonamides is 1. The minimum atomic E-state index is -3.58. The average molecular weight is 501 g/mol. The summed E-state index contributed by atoms with van der Waals surface area (Å²) in [6.07, 6.45) is 3.36. The number of rotatable bonds is 8. The van der Waals surface area contributed by atoms with Crippen molar-refractivity contribution in [2.24, 2.45) is 0 Å². The van der Waals surface area contributed by atoms with E-state index in [1.165, 1.54) is 27.5 Å². The lowest BCUT2D eigenvalue weighted by Gasteiger charge is -2.34. The molecule has 1 saturated heterocycles. The number of nitrogens with one attached hydrogen (secondary N) is 2. The number of piperidine rings is 1. The molecule has 1 aromatic heterocycles. The number of aryl methyl sites for hydroxylation is 2. The van der Waals surface area contributed by atoms with Gasteiger partial charge in [0.1, 0.15) is 5.75 Å². The van der Waals surface area contributed by atoms with Gasteiger partial charge in [-0.25, -0.2) is 17.7 Å². The van der Waals surface area contributed by atoms with E-state index < -0.39 is 10.0 Å². The first-order valence-electron chi connectivity index (χ1n) is 11.4. The summed E-state index contributed by atoms with van der Waals surface area (Å²) in [7, 11) is -1.95. The molecule has 4 rings (SSSR count). The third-order valence-electron chi connectivity index (χ3n) is 6.19. The van der Waals surface area contributed by atoms with Gasteiger partial charge in [0.05, 0.1) is 24.7 Å². The van der Waals surface area contributed by atoms with E-state index in [4.69, 9.17) is 4.74 Å². The molecule has 34 heavy (non-hydrogen) atoms. The molecule has 3 aromatic rings. The molecule has 0 radical (unpaired) electrons. The molecule has 0 aliphatic carbocycles. The highest BCUT2D eigenvalue weighted by atomic mass is 32.2. The van der Waals surface area contributed by atoms with Gasteiger partial charge >= 0.3 is 0 Å². The van der Waals surface area contributed by atoms with Gasteiger partial charge in [-0.2, -0.15) is 0 Å². The number of thiazole rings is 1. The monoisotopic (exact) mass is 500 g/mol. The maximum absolute atomic E-state index is 12.8. The topological polar surface area (TPSA) is 83.6 Å². The molecule has 0 amide bonds. The Morgan fingerprint density at radius 1 is 1.21 bits per heavy atom. The third-order valence-corrected chi connectivity index (χ3v) is 8.41. The van der Waals surface area contributed by atoms with Gasteiger partial charge in [0.15, 0.2) is 0 Å². The van der Waals surface area contributed by atoms with Crippen molar-refractivity contribution in [3.63, 3.8) is 0 Å². The van der Waals surface area contributed by atoms with Gasteiger partial charge < -0.3 is 15.4 Å². The summed E-state index contributed by atoms with van der Waals surface area (Å²) < 4.78 is 32.4. The zero-order valence-corrected chi connectivity index (χ0v) is 21.7. The van der Waals surface area contributed by atoms with Gasteiger partial charge in [0.25, 0.3) is 0 Å². The Morgan fingerprint density at radius 2 is 1.97 bits per heavy atom. The van der Waals surface area contributed by atoms with E-state index in [0.29, 0.717) is 17.4 Å². The van der Waals surface area contributed by atoms with Gasteiger partial charge in [-0.3, -0.25) is 0 Å². The van der Waals surface area contributed by atoms with Crippen LogP contribution in [0.4, 0.5) is 10.8 Å². The number of benzene rings is 2. The summed E-state index contributed by atoms with van der Waals surface area (Å²) in [6, 6.07) is 16.4. The number of methoxy groups -OCH3 is 1. The van der Waals surface area contributed by atoms with E-state index in [-0.39, 0.29) is 12.1 Å². The Bertz CT molecular complexity index is 1210. The summed E-state index contributed by atoms with van der Waals surface area (Å²) in [6.45, 7) is 5.38. The molecule has 1 fully saturated rings. The fourth-order valence-electron chi connectivity index (χ4n) is 4.38. The van der Waals surface area contributed by atoms with Gasteiger partial charge in [0, 0.05) is 29.1 Å². The molecule has 9 heteroatoms. The van der Waals surface area contributed by atoms with Crippen LogP contribution >= 0.6 is 11.3 Å². The van der Waals surface area contributed by atoms with Crippen LogP contribution in [0.15, 0.2) is 48.5 Å². The molecule has 0 bridgehead atoms. The van der Waals surface area contributed by atoms with Crippen molar-refractivity contribution in [2.45, 2.75) is 45.3 Å². The lowest BCUT2D eigenvalue weighted by Crippen LogP contribution is -2.45. The normalized spacial score (nSPS) is 18.6. The zero-order chi connectivity index (χ0) is 24.3. The number of hydrogen-bond donors (Lipinski definition) is 2. The maximum Gasteiger partial charge on any atom is 0.238 e. The molecule has 2 aromatic carbocycles. The van der Waals surface area contributed by atoms with E-state index in [9.17, 15) is 8.42 Å². The van der Waals surface area contributed by atoms with Crippen molar-refractivity contribution >= 4 is 32.2 Å². The molecule has 7 nitrogen and oxygen atoms in total. The van der Waals surface area contributed by atoms with Gasteiger partial charge in [-0.1, -0.05) is 30.3 Å². The van der Waals surface area contributed by atoms with Crippen LogP contribution in [0.25, 0.3) is 0 Å². The van der Waals surface area contributed by atoms with Crippen LogP contribution in [0.2, 0.25) is 0 Å². The Labute approximate surface area is 206 Å². The second kappa shape index (κ2) is 10.4. The fourth-order valence-corrected chi connectivity index (χ4v) is 6.55. The van der Waals surface area contributed by atoms with E-state index in [2.05, 4.69) is 39.9 Å². The molecular formula is C25H32N4O3S2. The van der Waals surface area contributed by atoms with Crippen LogP contribution in [0.5, 0.6) is 5.75 Å². The minimum absolute atomic E-state index is 0.220. The highest BCUT2D eigenvalue weighted by Crippen LogP contribution is 2.36. The predicted octanol–water partition coefficient (Wildman–Crippen LogP) is 4.45. The lowest BCUT2D eigenvalue weighted by atomic mass is 9.92. The summed E-state index contributed by atoms with van der Waals surface area (Å²) in [4.78, 5) is 5.49. The smallest absolute Gasteiger partial charge is 0.238 e. The lowest BCUT2D eigenvalue weighted by molar-refractivity contribution is 0.303. The van der Waals surface area contributed by atoms with Crippen LogP contribution in [0.1, 0.15) is 40.6 Å². The van der Waals surface area contributed by atoms with E-state index in [1.54, 1.807) is 13.2 Å².